The van der Waals surface area contributed by atoms with Crippen molar-refractivity contribution in [1.29, 1.82) is 0 Å². The third-order valence-electron chi connectivity index (χ3n) is 3.48. The number of amides is 1. The van der Waals surface area contributed by atoms with E-state index >= 15 is 0 Å². The normalized spacial score (nSPS) is 12.0. The van der Waals surface area contributed by atoms with Gasteiger partial charge in [-0.15, -0.1) is 11.8 Å². The number of aromatic nitrogens is 1. The molecule has 3 nitrogen and oxygen atoms in total. The second-order valence-electron chi connectivity index (χ2n) is 5.43. The minimum Gasteiger partial charge on any atom is -0.320 e. The molecule has 0 bridgehead atoms. The van der Waals surface area contributed by atoms with Gasteiger partial charge in [0.15, 0.2) is 0 Å². The maximum absolute atomic E-state index is 12.2. The molecule has 1 heterocycles. The summed E-state index contributed by atoms with van der Waals surface area (Å²) in [5.41, 5.74) is 3.18. The summed E-state index contributed by atoms with van der Waals surface area (Å²) in [6.45, 7) is 8.30. The Morgan fingerprint density at radius 1 is 1.27 bits per heavy atom. The van der Waals surface area contributed by atoms with Gasteiger partial charge in [-0.3, -0.25) is 4.79 Å². The molecular formula is C18H22N2OS. The van der Waals surface area contributed by atoms with Gasteiger partial charge in [0.05, 0.1) is 0 Å². The van der Waals surface area contributed by atoms with Gasteiger partial charge in [-0.25, -0.2) is 4.98 Å². The average molecular weight is 314 g/mol. The molecule has 2 aromatic rings. The molecule has 1 aromatic heterocycles. The molecule has 0 aliphatic carbocycles. The fourth-order valence-corrected chi connectivity index (χ4v) is 3.04. The predicted octanol–water partition coefficient (Wildman–Crippen LogP) is 4.84. The SMILES string of the molecule is CCC(C)Sc1ccc(NC(=O)c2cccc(C)n2)c(C)c1. The lowest BCUT2D eigenvalue weighted by molar-refractivity contribution is 0.102. The van der Waals surface area contributed by atoms with Crippen LogP contribution in [0.3, 0.4) is 0 Å². The summed E-state index contributed by atoms with van der Waals surface area (Å²) in [5, 5.41) is 3.53. The topological polar surface area (TPSA) is 42.0 Å². The van der Waals surface area contributed by atoms with Crippen LogP contribution >= 0.6 is 11.8 Å². The highest BCUT2D eigenvalue weighted by Gasteiger charge is 2.10. The first-order chi connectivity index (χ1) is 10.5. The second kappa shape index (κ2) is 7.45. The number of carbonyl (C=O) groups is 1. The van der Waals surface area contributed by atoms with Crippen LogP contribution in [0.25, 0.3) is 0 Å². The Kier molecular flexibility index (Phi) is 5.61. The van der Waals surface area contributed by atoms with Crippen LogP contribution in [0.1, 0.15) is 42.0 Å². The number of nitrogens with one attached hydrogen (secondary N) is 1. The molecule has 2 rings (SSSR count). The van der Waals surface area contributed by atoms with Gasteiger partial charge in [-0.05, 0) is 56.2 Å². The van der Waals surface area contributed by atoms with E-state index in [1.807, 2.05) is 43.8 Å². The number of benzene rings is 1. The Morgan fingerprint density at radius 3 is 2.68 bits per heavy atom. The van der Waals surface area contributed by atoms with Crippen molar-refractivity contribution < 1.29 is 4.79 Å². The van der Waals surface area contributed by atoms with Gasteiger partial charge in [0.1, 0.15) is 5.69 Å². The van der Waals surface area contributed by atoms with Gasteiger partial charge >= 0.3 is 0 Å². The molecule has 0 aliphatic heterocycles. The van der Waals surface area contributed by atoms with Crippen LogP contribution in [0.4, 0.5) is 5.69 Å². The molecule has 0 saturated carbocycles. The van der Waals surface area contributed by atoms with Gasteiger partial charge in [0.2, 0.25) is 0 Å². The molecule has 0 saturated heterocycles. The summed E-state index contributed by atoms with van der Waals surface area (Å²) in [5.74, 6) is -0.172. The maximum Gasteiger partial charge on any atom is 0.274 e. The number of aryl methyl sites for hydroxylation is 2. The minimum atomic E-state index is -0.172. The third-order valence-corrected chi connectivity index (χ3v) is 4.74. The number of anilines is 1. The van der Waals surface area contributed by atoms with Gasteiger partial charge < -0.3 is 5.32 Å². The van der Waals surface area contributed by atoms with Crippen LogP contribution in [0, 0.1) is 13.8 Å². The van der Waals surface area contributed by atoms with E-state index in [-0.39, 0.29) is 5.91 Å². The first kappa shape index (κ1) is 16.6. The number of nitrogens with zero attached hydrogens (tertiary/aromatic N) is 1. The number of hydrogen-bond donors (Lipinski definition) is 1. The van der Waals surface area contributed by atoms with E-state index in [1.54, 1.807) is 6.07 Å². The number of rotatable bonds is 5. The molecular weight excluding hydrogens is 292 g/mol. The monoisotopic (exact) mass is 314 g/mol. The molecule has 1 aromatic carbocycles. The summed E-state index contributed by atoms with van der Waals surface area (Å²) >= 11 is 1.86. The largest absolute Gasteiger partial charge is 0.320 e. The van der Waals surface area contributed by atoms with Crippen molar-refractivity contribution in [3.05, 3.63) is 53.3 Å². The molecule has 4 heteroatoms. The highest BCUT2D eigenvalue weighted by Crippen LogP contribution is 2.28. The summed E-state index contributed by atoms with van der Waals surface area (Å²) in [6, 6.07) is 11.6. The highest BCUT2D eigenvalue weighted by atomic mass is 32.2. The lowest BCUT2D eigenvalue weighted by atomic mass is 10.2. The zero-order valence-corrected chi connectivity index (χ0v) is 14.3. The lowest BCUT2D eigenvalue weighted by Crippen LogP contribution is -2.14. The Bertz CT molecular complexity index is 670. The van der Waals surface area contributed by atoms with Crippen LogP contribution in [0.5, 0.6) is 0 Å². The average Bonchev–Trinajstić information content (AvgIpc) is 2.49. The predicted molar refractivity (Wildman–Crippen MR) is 93.7 cm³/mol. The zero-order chi connectivity index (χ0) is 16.1. The Balaban J connectivity index is 2.11. The van der Waals surface area contributed by atoms with E-state index in [2.05, 4.69) is 36.3 Å². The van der Waals surface area contributed by atoms with Gasteiger partial charge in [-0.2, -0.15) is 0 Å². The van der Waals surface area contributed by atoms with Crippen LogP contribution in [-0.4, -0.2) is 16.1 Å². The molecule has 0 aliphatic rings. The molecule has 1 unspecified atom stereocenters. The molecule has 116 valence electrons. The quantitative estimate of drug-likeness (QED) is 0.803. The van der Waals surface area contributed by atoms with Crippen molar-refractivity contribution in [3.63, 3.8) is 0 Å². The molecule has 0 radical (unpaired) electrons. The first-order valence-electron chi connectivity index (χ1n) is 7.52. The Morgan fingerprint density at radius 2 is 2.05 bits per heavy atom. The standard InChI is InChI=1S/C18H22N2OS/c1-5-14(4)22-15-9-10-16(12(2)11-15)20-18(21)17-8-6-7-13(3)19-17/h6-11,14H,5H2,1-4H3,(H,20,21). The van der Waals surface area contributed by atoms with E-state index in [4.69, 9.17) is 0 Å². The van der Waals surface area contributed by atoms with Crippen molar-refractivity contribution in [2.45, 2.75) is 44.3 Å². The molecule has 1 amide bonds. The zero-order valence-electron chi connectivity index (χ0n) is 13.5. The van der Waals surface area contributed by atoms with E-state index < -0.39 is 0 Å². The van der Waals surface area contributed by atoms with Crippen molar-refractivity contribution >= 4 is 23.4 Å². The van der Waals surface area contributed by atoms with Crippen LogP contribution in [0.2, 0.25) is 0 Å². The molecule has 1 N–H and O–H groups in total. The van der Waals surface area contributed by atoms with Gasteiger partial charge in [-0.1, -0.05) is 19.9 Å². The number of thioether (sulfide) groups is 1. The third kappa shape index (κ3) is 4.34. The summed E-state index contributed by atoms with van der Waals surface area (Å²) in [7, 11) is 0. The van der Waals surface area contributed by atoms with Crippen LogP contribution in [-0.2, 0) is 0 Å². The fraction of sp³-hybridized carbons (Fsp3) is 0.333. The smallest absolute Gasteiger partial charge is 0.274 e. The first-order valence-corrected chi connectivity index (χ1v) is 8.40. The second-order valence-corrected chi connectivity index (χ2v) is 6.94. The minimum absolute atomic E-state index is 0.172. The molecule has 1 atom stereocenters. The Hall–Kier alpha value is -1.81. The molecule has 0 spiro atoms. The molecule has 22 heavy (non-hydrogen) atoms. The fourth-order valence-electron chi connectivity index (χ4n) is 2.02. The van der Waals surface area contributed by atoms with Crippen LogP contribution < -0.4 is 5.32 Å². The molecule has 0 fully saturated rings. The maximum atomic E-state index is 12.2. The summed E-state index contributed by atoms with van der Waals surface area (Å²) in [6.07, 6.45) is 1.14. The van der Waals surface area contributed by atoms with Gasteiger partial charge in [0, 0.05) is 21.5 Å². The summed E-state index contributed by atoms with van der Waals surface area (Å²) < 4.78 is 0. The van der Waals surface area contributed by atoms with E-state index in [9.17, 15) is 4.79 Å². The lowest BCUT2D eigenvalue weighted by Gasteiger charge is -2.12. The number of hydrogen-bond acceptors (Lipinski definition) is 3. The number of carbonyl (C=O) groups excluding carboxylic acids is 1. The van der Waals surface area contributed by atoms with Crippen molar-refractivity contribution in [2.75, 3.05) is 5.32 Å². The van der Waals surface area contributed by atoms with Crippen molar-refractivity contribution in [2.24, 2.45) is 0 Å². The highest BCUT2D eigenvalue weighted by molar-refractivity contribution is 7.99. The Labute approximate surface area is 136 Å². The van der Waals surface area contributed by atoms with Gasteiger partial charge in [0.25, 0.3) is 5.91 Å². The van der Waals surface area contributed by atoms with Crippen molar-refractivity contribution in [3.8, 4) is 0 Å². The summed E-state index contributed by atoms with van der Waals surface area (Å²) in [4.78, 5) is 17.7. The van der Waals surface area contributed by atoms with E-state index in [0.29, 0.717) is 10.9 Å². The van der Waals surface area contributed by atoms with E-state index in [0.717, 1.165) is 23.4 Å². The van der Waals surface area contributed by atoms with E-state index in [1.165, 1.54) is 4.90 Å². The van der Waals surface area contributed by atoms with Crippen molar-refractivity contribution in [1.82, 2.24) is 4.98 Å². The number of pyridine rings is 1. The van der Waals surface area contributed by atoms with Crippen LogP contribution in [0.15, 0.2) is 41.3 Å².